The predicted octanol–water partition coefficient (Wildman–Crippen LogP) is 3.30. The summed E-state index contributed by atoms with van der Waals surface area (Å²) in [7, 11) is 0. The van der Waals surface area contributed by atoms with Gasteiger partial charge in [-0.05, 0) is 37.5 Å². The lowest BCUT2D eigenvalue weighted by Crippen LogP contribution is -2.13. The van der Waals surface area contributed by atoms with Gasteiger partial charge in [0, 0.05) is 0 Å². The predicted molar refractivity (Wildman–Crippen MR) is 93.9 cm³/mol. The van der Waals surface area contributed by atoms with E-state index >= 15 is 0 Å². The van der Waals surface area contributed by atoms with Crippen LogP contribution in [0, 0.1) is 11.8 Å². The Labute approximate surface area is 145 Å². The number of hydrogen-bond donors (Lipinski definition) is 4. The van der Waals surface area contributed by atoms with Crippen LogP contribution in [0.4, 0.5) is 0 Å². The first-order chi connectivity index (χ1) is 11.1. The van der Waals surface area contributed by atoms with Crippen molar-refractivity contribution in [1.82, 2.24) is 0 Å². The molecule has 4 atom stereocenters. The molecule has 4 N–H and O–H groups in total. The third-order valence-electron chi connectivity index (χ3n) is 4.20. The standard InChI is InChI=1S/2C9H18O3/c2*1-3-7(2)4-5-8(10)6-9(11)12/h2*7-8,10H,3-6H2,1-2H3,(H,11,12). The number of aliphatic hydroxyl groups is 2. The van der Waals surface area contributed by atoms with Crippen LogP contribution in [0.3, 0.4) is 0 Å². The van der Waals surface area contributed by atoms with Gasteiger partial charge in [-0.2, -0.15) is 0 Å². The van der Waals surface area contributed by atoms with Crippen molar-refractivity contribution in [3.8, 4) is 0 Å². The van der Waals surface area contributed by atoms with E-state index in [0.29, 0.717) is 24.7 Å². The van der Waals surface area contributed by atoms with E-state index in [2.05, 4.69) is 27.7 Å². The van der Waals surface area contributed by atoms with Gasteiger partial charge in [0.2, 0.25) is 0 Å². The molecule has 4 unspecified atom stereocenters. The lowest BCUT2D eigenvalue weighted by molar-refractivity contribution is -0.140. The zero-order chi connectivity index (χ0) is 19.1. The topological polar surface area (TPSA) is 115 Å². The number of carboxylic acid groups (broad SMARTS) is 2. The normalized spacial score (nSPS) is 15.6. The van der Waals surface area contributed by atoms with E-state index < -0.39 is 24.1 Å². The van der Waals surface area contributed by atoms with E-state index in [1.54, 1.807) is 0 Å². The highest BCUT2D eigenvalue weighted by Gasteiger charge is 2.11. The molecule has 0 bridgehead atoms. The van der Waals surface area contributed by atoms with Crippen LogP contribution in [0.1, 0.15) is 79.1 Å². The molecule has 0 aliphatic rings. The number of aliphatic carboxylic acids is 2. The van der Waals surface area contributed by atoms with E-state index in [1.807, 2.05) is 0 Å². The largest absolute Gasteiger partial charge is 0.481 e. The molecule has 0 heterocycles. The quantitative estimate of drug-likeness (QED) is 0.430. The Balaban J connectivity index is 0. The first-order valence-corrected chi connectivity index (χ1v) is 8.91. The summed E-state index contributed by atoms with van der Waals surface area (Å²) in [6.07, 6.45) is 3.58. The van der Waals surface area contributed by atoms with E-state index in [0.717, 1.165) is 25.7 Å². The second-order valence-corrected chi connectivity index (χ2v) is 6.68. The van der Waals surface area contributed by atoms with Crippen molar-refractivity contribution in [2.75, 3.05) is 0 Å². The van der Waals surface area contributed by atoms with Gasteiger partial charge in [-0.3, -0.25) is 9.59 Å². The summed E-state index contributed by atoms with van der Waals surface area (Å²) in [5.74, 6) is -0.694. The number of hydrogen-bond acceptors (Lipinski definition) is 4. The van der Waals surface area contributed by atoms with Crippen molar-refractivity contribution in [2.24, 2.45) is 11.8 Å². The lowest BCUT2D eigenvalue weighted by atomic mass is 9.99. The maximum atomic E-state index is 10.2. The van der Waals surface area contributed by atoms with Crippen LogP contribution in [0.25, 0.3) is 0 Å². The Morgan fingerprint density at radius 3 is 1.21 bits per heavy atom. The number of aliphatic hydroxyl groups excluding tert-OH is 2. The number of carbonyl (C=O) groups is 2. The molecular formula is C18H36O6. The van der Waals surface area contributed by atoms with Gasteiger partial charge in [-0.15, -0.1) is 0 Å². The Kier molecular flexibility index (Phi) is 16.1. The molecule has 0 amide bonds. The van der Waals surface area contributed by atoms with Crippen molar-refractivity contribution in [3.63, 3.8) is 0 Å². The fourth-order valence-corrected chi connectivity index (χ4v) is 1.97. The summed E-state index contributed by atoms with van der Waals surface area (Å²) >= 11 is 0. The van der Waals surface area contributed by atoms with E-state index in [-0.39, 0.29) is 12.8 Å². The SMILES string of the molecule is CCC(C)CCC(O)CC(=O)O.CCC(C)CCC(O)CC(=O)O. The van der Waals surface area contributed by atoms with Gasteiger partial charge in [-0.25, -0.2) is 0 Å². The first kappa shape index (κ1) is 25.1. The van der Waals surface area contributed by atoms with Crippen molar-refractivity contribution >= 4 is 11.9 Å². The highest BCUT2D eigenvalue weighted by Crippen LogP contribution is 2.13. The molecule has 0 aliphatic heterocycles. The summed E-state index contributed by atoms with van der Waals surface area (Å²) in [6, 6.07) is 0. The van der Waals surface area contributed by atoms with Gasteiger partial charge in [-0.1, -0.05) is 40.5 Å². The zero-order valence-corrected chi connectivity index (χ0v) is 15.6. The Morgan fingerprint density at radius 1 is 0.708 bits per heavy atom. The molecule has 6 heteroatoms. The fraction of sp³-hybridized carbons (Fsp3) is 0.889. The minimum Gasteiger partial charge on any atom is -0.481 e. The summed E-state index contributed by atoms with van der Waals surface area (Å²) in [5, 5.41) is 35.1. The maximum Gasteiger partial charge on any atom is 0.305 e. The molecule has 0 saturated carbocycles. The van der Waals surface area contributed by atoms with Crippen molar-refractivity contribution < 1.29 is 30.0 Å². The minimum absolute atomic E-state index is 0.129. The van der Waals surface area contributed by atoms with Crippen LogP contribution in [0.15, 0.2) is 0 Å². The Hall–Kier alpha value is -1.14. The lowest BCUT2D eigenvalue weighted by Gasteiger charge is -2.11. The molecule has 6 nitrogen and oxygen atoms in total. The number of rotatable bonds is 12. The molecule has 24 heavy (non-hydrogen) atoms. The second-order valence-electron chi connectivity index (χ2n) is 6.68. The molecule has 0 aromatic rings. The van der Waals surface area contributed by atoms with Crippen molar-refractivity contribution in [1.29, 1.82) is 0 Å². The maximum absolute atomic E-state index is 10.2. The van der Waals surface area contributed by atoms with Gasteiger partial charge < -0.3 is 20.4 Å². The van der Waals surface area contributed by atoms with Gasteiger partial charge in [0.25, 0.3) is 0 Å². The Bertz CT molecular complexity index is 299. The van der Waals surface area contributed by atoms with E-state index in [4.69, 9.17) is 10.2 Å². The smallest absolute Gasteiger partial charge is 0.305 e. The molecule has 0 aliphatic carbocycles. The van der Waals surface area contributed by atoms with Crippen LogP contribution in [0.2, 0.25) is 0 Å². The first-order valence-electron chi connectivity index (χ1n) is 8.91. The summed E-state index contributed by atoms with van der Waals surface area (Å²) in [5.41, 5.74) is 0. The van der Waals surface area contributed by atoms with Gasteiger partial charge >= 0.3 is 11.9 Å². The van der Waals surface area contributed by atoms with Crippen molar-refractivity contribution in [2.45, 2.75) is 91.3 Å². The minimum atomic E-state index is -0.924. The average molecular weight is 348 g/mol. The van der Waals surface area contributed by atoms with Crippen LogP contribution < -0.4 is 0 Å². The van der Waals surface area contributed by atoms with Crippen LogP contribution in [-0.2, 0) is 9.59 Å². The van der Waals surface area contributed by atoms with Gasteiger partial charge in [0.05, 0.1) is 25.0 Å². The van der Waals surface area contributed by atoms with Gasteiger partial charge in [0.15, 0.2) is 0 Å². The van der Waals surface area contributed by atoms with Crippen LogP contribution in [0.5, 0.6) is 0 Å². The zero-order valence-electron chi connectivity index (χ0n) is 15.6. The molecule has 0 saturated heterocycles. The molecule has 0 radical (unpaired) electrons. The highest BCUT2D eigenvalue weighted by molar-refractivity contribution is 5.67. The highest BCUT2D eigenvalue weighted by atomic mass is 16.4. The molecular weight excluding hydrogens is 312 g/mol. The second kappa shape index (κ2) is 15.4. The number of carboxylic acids is 2. The molecule has 0 fully saturated rings. The Morgan fingerprint density at radius 2 is 1.00 bits per heavy atom. The average Bonchev–Trinajstić information content (AvgIpc) is 2.49. The molecule has 0 aromatic heterocycles. The summed E-state index contributed by atoms with van der Waals surface area (Å²) in [4.78, 5) is 20.3. The summed E-state index contributed by atoms with van der Waals surface area (Å²) < 4.78 is 0. The van der Waals surface area contributed by atoms with E-state index in [9.17, 15) is 19.8 Å². The van der Waals surface area contributed by atoms with Crippen molar-refractivity contribution in [3.05, 3.63) is 0 Å². The third-order valence-corrected chi connectivity index (χ3v) is 4.20. The fourth-order valence-electron chi connectivity index (χ4n) is 1.97. The third kappa shape index (κ3) is 18.9. The van der Waals surface area contributed by atoms with E-state index in [1.165, 1.54) is 0 Å². The van der Waals surface area contributed by atoms with Crippen LogP contribution in [-0.4, -0.2) is 44.6 Å². The molecule has 0 spiro atoms. The molecule has 0 rings (SSSR count). The summed E-state index contributed by atoms with van der Waals surface area (Å²) in [6.45, 7) is 8.39. The van der Waals surface area contributed by atoms with Crippen LogP contribution >= 0.6 is 0 Å². The molecule has 144 valence electrons. The molecule has 0 aromatic carbocycles. The van der Waals surface area contributed by atoms with Gasteiger partial charge in [0.1, 0.15) is 0 Å². The monoisotopic (exact) mass is 348 g/mol.